The molecule has 1 heterocycles. The van der Waals surface area contributed by atoms with Crippen molar-refractivity contribution in [3.05, 3.63) is 77.6 Å². The van der Waals surface area contributed by atoms with Crippen molar-refractivity contribution >= 4 is 17.3 Å². The van der Waals surface area contributed by atoms with E-state index in [-0.39, 0.29) is 0 Å². The molecule has 0 aliphatic rings. The molecule has 0 aliphatic carbocycles. The van der Waals surface area contributed by atoms with Crippen LogP contribution in [0.1, 0.15) is 16.8 Å². The summed E-state index contributed by atoms with van der Waals surface area (Å²) in [4.78, 5) is 8.56. The van der Waals surface area contributed by atoms with Crippen LogP contribution in [0.15, 0.2) is 65.9 Å². The van der Waals surface area contributed by atoms with Crippen molar-refractivity contribution in [3.63, 3.8) is 0 Å². The van der Waals surface area contributed by atoms with Gasteiger partial charge in [-0.3, -0.25) is 0 Å². The first-order valence-electron chi connectivity index (χ1n) is 7.70. The van der Waals surface area contributed by atoms with E-state index < -0.39 is 0 Å². The van der Waals surface area contributed by atoms with Gasteiger partial charge in [0.1, 0.15) is 11.5 Å². The summed E-state index contributed by atoms with van der Waals surface area (Å²) >= 11 is 0. The van der Waals surface area contributed by atoms with Gasteiger partial charge < -0.3 is 15.3 Å². The van der Waals surface area contributed by atoms with Crippen molar-refractivity contribution in [2.75, 3.05) is 12.4 Å². The minimum Gasteiger partial charge on any atom is -0.497 e. The van der Waals surface area contributed by atoms with Crippen molar-refractivity contribution in [3.8, 4) is 11.8 Å². The van der Waals surface area contributed by atoms with Gasteiger partial charge >= 0.3 is 0 Å². The molecule has 1 aromatic heterocycles. The van der Waals surface area contributed by atoms with Crippen LogP contribution in [0, 0.1) is 11.3 Å². The Morgan fingerprint density at radius 1 is 1.12 bits per heavy atom. The highest BCUT2D eigenvalue weighted by Gasteiger charge is 2.11. The average Bonchev–Trinajstić information content (AvgIpc) is 2.70. The summed E-state index contributed by atoms with van der Waals surface area (Å²) in [6, 6.07) is 17.8. The number of nitrogens with one attached hydrogen (secondary N) is 1. The second kappa shape index (κ2) is 7.77. The lowest BCUT2D eigenvalue weighted by Gasteiger charge is -2.08. The van der Waals surface area contributed by atoms with Gasteiger partial charge in [-0.15, -0.1) is 0 Å². The van der Waals surface area contributed by atoms with Crippen molar-refractivity contribution in [1.82, 2.24) is 9.97 Å². The van der Waals surface area contributed by atoms with Gasteiger partial charge in [-0.25, -0.2) is 9.97 Å². The van der Waals surface area contributed by atoms with Gasteiger partial charge in [0.05, 0.1) is 24.4 Å². The van der Waals surface area contributed by atoms with Crippen LogP contribution in [0.5, 0.6) is 5.75 Å². The molecule has 0 unspecified atom stereocenters. The number of ether oxygens (including phenoxy) is 1. The lowest BCUT2D eigenvalue weighted by atomic mass is 10.1. The topological polar surface area (TPSA) is 103 Å². The first kappa shape index (κ1) is 16.9. The van der Waals surface area contributed by atoms with Crippen molar-refractivity contribution in [2.24, 2.45) is 5.16 Å². The maximum absolute atomic E-state index is 9.44. The van der Waals surface area contributed by atoms with Crippen LogP contribution in [0.25, 0.3) is 0 Å². The van der Waals surface area contributed by atoms with Gasteiger partial charge in [0.2, 0.25) is 5.95 Å². The van der Waals surface area contributed by atoms with Crippen LogP contribution < -0.4 is 10.1 Å². The van der Waals surface area contributed by atoms with E-state index >= 15 is 0 Å². The fourth-order valence-corrected chi connectivity index (χ4v) is 2.31. The third-order valence-electron chi connectivity index (χ3n) is 3.63. The number of aromatic nitrogens is 2. The molecule has 2 aromatic carbocycles. The minimum absolute atomic E-state index is 0.318. The third-order valence-corrected chi connectivity index (χ3v) is 3.63. The standard InChI is InChI=1S/C19H15N5O2/c1-26-16-8-4-14(5-9-16)18(24-25)17-10-11-21-19(23-17)22-15-6-2-13(12-20)3-7-15/h2-11,25H,1H3,(H,21,22,23)/b24-18-. The maximum atomic E-state index is 9.44. The SMILES string of the molecule is COc1ccc(/C(=N/O)c2ccnc(Nc3ccc(C#N)cc3)n2)cc1. The number of oxime groups is 1. The first-order chi connectivity index (χ1) is 12.7. The average molecular weight is 345 g/mol. The molecule has 2 N–H and O–H groups in total. The monoisotopic (exact) mass is 345 g/mol. The Morgan fingerprint density at radius 3 is 2.46 bits per heavy atom. The molecule has 0 radical (unpaired) electrons. The highest BCUT2D eigenvalue weighted by molar-refractivity contribution is 6.11. The van der Waals surface area contributed by atoms with Crippen molar-refractivity contribution in [1.29, 1.82) is 5.26 Å². The van der Waals surface area contributed by atoms with Gasteiger partial charge in [0, 0.05) is 17.4 Å². The molecule has 128 valence electrons. The number of methoxy groups -OCH3 is 1. The number of hydrogen-bond acceptors (Lipinski definition) is 7. The molecule has 7 heteroatoms. The quantitative estimate of drug-likeness (QED) is 0.418. The van der Waals surface area contributed by atoms with Gasteiger partial charge in [-0.2, -0.15) is 5.26 Å². The summed E-state index contributed by atoms with van der Waals surface area (Å²) in [5.41, 5.74) is 2.78. The summed E-state index contributed by atoms with van der Waals surface area (Å²) in [5.74, 6) is 1.05. The van der Waals surface area contributed by atoms with Crippen molar-refractivity contribution in [2.45, 2.75) is 0 Å². The lowest BCUT2D eigenvalue weighted by Crippen LogP contribution is -2.08. The molecule has 0 bridgehead atoms. The zero-order valence-corrected chi connectivity index (χ0v) is 13.9. The van der Waals surface area contributed by atoms with Crippen LogP contribution >= 0.6 is 0 Å². The van der Waals surface area contributed by atoms with E-state index in [4.69, 9.17) is 10.00 Å². The molecule has 0 aliphatic heterocycles. The lowest BCUT2D eigenvalue weighted by molar-refractivity contribution is 0.319. The van der Waals surface area contributed by atoms with E-state index in [1.165, 1.54) is 0 Å². The van der Waals surface area contributed by atoms with Gasteiger partial charge in [-0.1, -0.05) is 5.16 Å². The normalized spacial score (nSPS) is 10.8. The second-order valence-electron chi connectivity index (χ2n) is 5.26. The predicted octanol–water partition coefficient (Wildman–Crippen LogP) is 3.33. The molecule has 0 fully saturated rings. The molecular weight excluding hydrogens is 330 g/mol. The van der Waals surface area contributed by atoms with Crippen molar-refractivity contribution < 1.29 is 9.94 Å². The molecule has 7 nitrogen and oxygen atoms in total. The number of benzene rings is 2. The number of nitrogens with zero attached hydrogens (tertiary/aromatic N) is 4. The Kier molecular flexibility index (Phi) is 5.05. The van der Waals surface area contributed by atoms with E-state index in [2.05, 4.69) is 26.5 Å². The van der Waals surface area contributed by atoms with E-state index in [0.717, 1.165) is 5.69 Å². The number of anilines is 2. The zero-order chi connectivity index (χ0) is 18.4. The summed E-state index contributed by atoms with van der Waals surface area (Å²) < 4.78 is 5.13. The van der Waals surface area contributed by atoms with E-state index in [1.54, 1.807) is 67.9 Å². The molecule has 26 heavy (non-hydrogen) atoms. The maximum Gasteiger partial charge on any atom is 0.227 e. The molecule has 0 saturated carbocycles. The summed E-state index contributed by atoms with van der Waals surface area (Å²) in [6.07, 6.45) is 1.57. The Bertz CT molecular complexity index is 960. The largest absolute Gasteiger partial charge is 0.497 e. The first-order valence-corrected chi connectivity index (χ1v) is 7.70. The van der Waals surface area contributed by atoms with Crippen LogP contribution in [-0.4, -0.2) is 28.0 Å². The Hall–Kier alpha value is -3.92. The summed E-state index contributed by atoms with van der Waals surface area (Å²) in [6.45, 7) is 0. The second-order valence-corrected chi connectivity index (χ2v) is 5.26. The zero-order valence-electron chi connectivity index (χ0n) is 13.9. The van der Waals surface area contributed by atoms with Crippen LogP contribution in [0.3, 0.4) is 0 Å². The fraction of sp³-hybridized carbons (Fsp3) is 0.0526. The predicted molar refractivity (Wildman–Crippen MR) is 96.9 cm³/mol. The van der Waals surface area contributed by atoms with Crippen LogP contribution in [0.2, 0.25) is 0 Å². The van der Waals surface area contributed by atoms with Crippen LogP contribution in [-0.2, 0) is 0 Å². The van der Waals surface area contributed by atoms with Gasteiger partial charge in [0.25, 0.3) is 0 Å². The summed E-state index contributed by atoms with van der Waals surface area (Å²) in [7, 11) is 1.58. The van der Waals surface area contributed by atoms with E-state index in [9.17, 15) is 5.21 Å². The number of rotatable bonds is 5. The third kappa shape index (κ3) is 3.76. The number of nitriles is 1. The molecule has 0 amide bonds. The molecular formula is C19H15N5O2. The molecule has 0 atom stereocenters. The smallest absolute Gasteiger partial charge is 0.227 e. The minimum atomic E-state index is 0.318. The summed E-state index contributed by atoms with van der Waals surface area (Å²) in [5, 5.41) is 24.7. The Balaban J connectivity index is 1.85. The molecule has 0 saturated heterocycles. The molecule has 3 aromatic rings. The Labute approximate surface area is 150 Å². The van der Waals surface area contributed by atoms with Gasteiger partial charge in [-0.05, 0) is 54.6 Å². The molecule has 0 spiro atoms. The van der Waals surface area contributed by atoms with E-state index in [0.29, 0.717) is 34.2 Å². The number of hydrogen-bond donors (Lipinski definition) is 2. The fourth-order valence-electron chi connectivity index (χ4n) is 2.31. The van der Waals surface area contributed by atoms with E-state index in [1.807, 2.05) is 0 Å². The van der Waals surface area contributed by atoms with Crippen LogP contribution in [0.4, 0.5) is 11.6 Å². The molecule has 3 rings (SSSR count). The van der Waals surface area contributed by atoms with Gasteiger partial charge in [0.15, 0.2) is 0 Å². The Morgan fingerprint density at radius 2 is 1.85 bits per heavy atom. The highest BCUT2D eigenvalue weighted by atomic mass is 16.5. The highest BCUT2D eigenvalue weighted by Crippen LogP contribution is 2.17.